The minimum atomic E-state index is -1.36. The van der Waals surface area contributed by atoms with Crippen molar-refractivity contribution in [2.75, 3.05) is 13.2 Å². The molecule has 0 bridgehead atoms. The van der Waals surface area contributed by atoms with Crippen LogP contribution in [-0.2, 0) is 23.8 Å². The van der Waals surface area contributed by atoms with Crippen LogP contribution in [0.5, 0.6) is 0 Å². The maximum absolute atomic E-state index is 12.7. The number of carbonyl (C=O) groups excluding carboxylic acids is 3. The number of carbonyl (C=O) groups is 3. The van der Waals surface area contributed by atoms with Crippen molar-refractivity contribution in [1.29, 1.82) is 0 Å². The van der Waals surface area contributed by atoms with Gasteiger partial charge in [0.05, 0.1) is 19.6 Å². The highest BCUT2D eigenvalue weighted by Crippen LogP contribution is 2.29. The van der Waals surface area contributed by atoms with Gasteiger partial charge in [0.1, 0.15) is 18.2 Å². The molecule has 0 aromatic heterocycles. The van der Waals surface area contributed by atoms with Gasteiger partial charge in [-0.1, -0.05) is 25.7 Å². The van der Waals surface area contributed by atoms with Crippen LogP contribution in [0.1, 0.15) is 51.4 Å². The number of rotatable bonds is 6. The van der Waals surface area contributed by atoms with Crippen LogP contribution in [0.15, 0.2) is 0 Å². The number of hydrogen-bond acceptors (Lipinski definition) is 7. The van der Waals surface area contributed by atoms with Crippen molar-refractivity contribution in [1.82, 2.24) is 10.6 Å². The molecule has 2 saturated heterocycles. The van der Waals surface area contributed by atoms with E-state index in [1.807, 2.05) is 0 Å². The summed E-state index contributed by atoms with van der Waals surface area (Å²) >= 11 is 0. The molecule has 27 heavy (non-hydrogen) atoms. The Morgan fingerprint density at radius 1 is 1.19 bits per heavy atom. The van der Waals surface area contributed by atoms with Crippen LogP contribution in [0.2, 0.25) is 0 Å². The Bertz CT molecular complexity index is 544. The summed E-state index contributed by atoms with van der Waals surface area (Å²) in [7, 11) is 0. The monoisotopic (exact) mass is 384 g/mol. The van der Waals surface area contributed by atoms with E-state index >= 15 is 0 Å². The summed E-state index contributed by atoms with van der Waals surface area (Å²) in [6.07, 6.45) is 3.79. The second-order valence-electron chi connectivity index (χ2n) is 7.50. The molecule has 0 spiro atoms. The summed E-state index contributed by atoms with van der Waals surface area (Å²) in [5.41, 5.74) is 0. The van der Waals surface area contributed by atoms with E-state index in [1.165, 1.54) is 0 Å². The number of esters is 1. The lowest BCUT2D eigenvalue weighted by Gasteiger charge is -2.26. The van der Waals surface area contributed by atoms with Gasteiger partial charge >= 0.3 is 12.1 Å². The largest absolute Gasteiger partial charge is 0.446 e. The number of hydrogen-bond donors (Lipinski definition) is 3. The molecule has 2 unspecified atom stereocenters. The fourth-order valence-corrected chi connectivity index (χ4v) is 3.88. The molecule has 9 nitrogen and oxygen atoms in total. The minimum Gasteiger partial charge on any atom is -0.446 e. The van der Waals surface area contributed by atoms with Gasteiger partial charge < -0.3 is 30.0 Å². The van der Waals surface area contributed by atoms with E-state index in [0.29, 0.717) is 38.4 Å². The molecule has 2 amide bonds. The average Bonchev–Trinajstić information content (AvgIpc) is 3.24. The lowest BCUT2D eigenvalue weighted by atomic mass is 9.97. The van der Waals surface area contributed by atoms with Gasteiger partial charge in [-0.15, -0.1) is 0 Å². The van der Waals surface area contributed by atoms with E-state index in [-0.39, 0.29) is 12.5 Å². The zero-order chi connectivity index (χ0) is 19.2. The van der Waals surface area contributed by atoms with Gasteiger partial charge in [0, 0.05) is 12.8 Å². The smallest absolute Gasteiger partial charge is 0.408 e. The van der Waals surface area contributed by atoms with Gasteiger partial charge in [-0.2, -0.15) is 0 Å². The number of cyclic esters (lactones) is 1. The summed E-state index contributed by atoms with van der Waals surface area (Å²) in [5.74, 6) is -0.643. The molecule has 0 radical (unpaired) electrons. The highest BCUT2D eigenvalue weighted by molar-refractivity contribution is 5.86. The van der Waals surface area contributed by atoms with Gasteiger partial charge in [-0.25, -0.2) is 4.79 Å². The number of amides is 2. The average molecular weight is 384 g/mol. The van der Waals surface area contributed by atoms with E-state index in [4.69, 9.17) is 9.47 Å². The molecule has 9 heteroatoms. The number of aliphatic hydroxyl groups excluding tert-OH is 1. The number of nitrogens with one attached hydrogen (secondary N) is 2. The fourth-order valence-electron chi connectivity index (χ4n) is 3.88. The van der Waals surface area contributed by atoms with Gasteiger partial charge in [-0.3, -0.25) is 9.59 Å². The quantitative estimate of drug-likeness (QED) is 0.573. The van der Waals surface area contributed by atoms with Crippen LogP contribution in [0.4, 0.5) is 4.79 Å². The molecule has 3 aliphatic rings. The predicted octanol–water partition coefficient (Wildman–Crippen LogP) is 0.591. The molecule has 3 atom stereocenters. The molecule has 0 aromatic carbocycles. The Labute approximate surface area is 158 Å². The summed E-state index contributed by atoms with van der Waals surface area (Å²) in [5, 5.41) is 15.0. The molecule has 3 fully saturated rings. The van der Waals surface area contributed by atoms with Gasteiger partial charge in [0.2, 0.25) is 12.2 Å². The zero-order valence-corrected chi connectivity index (χ0v) is 15.4. The van der Waals surface area contributed by atoms with Crippen LogP contribution in [0.25, 0.3) is 0 Å². The predicted molar refractivity (Wildman–Crippen MR) is 92.5 cm³/mol. The van der Waals surface area contributed by atoms with E-state index < -0.39 is 36.3 Å². The third-order valence-electron chi connectivity index (χ3n) is 5.41. The second-order valence-corrected chi connectivity index (χ2v) is 7.50. The minimum absolute atomic E-state index is 0.0877. The van der Waals surface area contributed by atoms with E-state index in [9.17, 15) is 19.5 Å². The van der Waals surface area contributed by atoms with Crippen LogP contribution in [0, 0.1) is 5.92 Å². The van der Waals surface area contributed by atoms with Crippen molar-refractivity contribution in [3.05, 3.63) is 0 Å². The van der Waals surface area contributed by atoms with Crippen LogP contribution in [0.3, 0.4) is 0 Å². The third kappa shape index (κ3) is 5.80. The highest BCUT2D eigenvalue weighted by atomic mass is 16.6. The molecular formula is C18H28N2O7. The normalized spacial score (nSPS) is 27.8. The van der Waals surface area contributed by atoms with Crippen LogP contribution in [-0.4, -0.2) is 60.8 Å². The van der Waals surface area contributed by atoms with Crippen molar-refractivity contribution in [3.63, 3.8) is 0 Å². The van der Waals surface area contributed by atoms with E-state index in [2.05, 4.69) is 15.4 Å². The summed E-state index contributed by atoms with van der Waals surface area (Å²) in [6, 6.07) is -1.58. The Morgan fingerprint density at radius 2 is 1.89 bits per heavy atom. The summed E-state index contributed by atoms with van der Waals surface area (Å²) in [4.78, 5) is 36.2. The first kappa shape index (κ1) is 19.9. The molecule has 0 aromatic rings. The topological polar surface area (TPSA) is 123 Å². The Hall–Kier alpha value is -1.87. The molecule has 2 aliphatic heterocycles. The zero-order valence-electron chi connectivity index (χ0n) is 15.4. The lowest BCUT2D eigenvalue weighted by molar-refractivity contribution is -0.155. The second kappa shape index (κ2) is 9.36. The standard InChI is InChI=1S/C18H28N2O7/c21-15-10-14(17(23)27-15)19-16(22)13(9-11-3-1-2-4-11)20-18(24)26-12-5-7-25-8-6-12/h11-14,17,23H,1-10H2,(H,19,22)(H,20,24)/t13?,14-,17?/m0/s1. The molecular weight excluding hydrogens is 356 g/mol. The molecule has 3 rings (SSSR count). The third-order valence-corrected chi connectivity index (χ3v) is 5.41. The number of alkyl carbamates (subject to hydrolysis) is 1. The summed E-state index contributed by atoms with van der Waals surface area (Å²) in [6.45, 7) is 1.11. The van der Waals surface area contributed by atoms with E-state index in [0.717, 1.165) is 25.7 Å². The van der Waals surface area contributed by atoms with Crippen molar-refractivity contribution >= 4 is 18.0 Å². The summed E-state index contributed by atoms with van der Waals surface area (Å²) < 4.78 is 15.3. The fraction of sp³-hybridized carbons (Fsp3) is 0.833. The van der Waals surface area contributed by atoms with Crippen molar-refractivity contribution in [2.45, 2.75) is 75.8 Å². The van der Waals surface area contributed by atoms with Gasteiger partial charge in [0.25, 0.3) is 0 Å². The van der Waals surface area contributed by atoms with Crippen molar-refractivity contribution in [2.24, 2.45) is 5.92 Å². The lowest BCUT2D eigenvalue weighted by Crippen LogP contribution is -2.52. The first-order chi connectivity index (χ1) is 13.0. The van der Waals surface area contributed by atoms with Gasteiger partial charge in [0.15, 0.2) is 0 Å². The molecule has 1 saturated carbocycles. The molecule has 3 N–H and O–H groups in total. The molecule has 152 valence electrons. The molecule has 2 heterocycles. The Morgan fingerprint density at radius 3 is 2.52 bits per heavy atom. The number of ether oxygens (including phenoxy) is 3. The first-order valence-electron chi connectivity index (χ1n) is 9.74. The molecule has 1 aliphatic carbocycles. The van der Waals surface area contributed by atoms with Crippen molar-refractivity contribution in [3.8, 4) is 0 Å². The van der Waals surface area contributed by atoms with Crippen LogP contribution >= 0.6 is 0 Å². The Kier molecular flexibility index (Phi) is 6.89. The van der Waals surface area contributed by atoms with Crippen LogP contribution < -0.4 is 10.6 Å². The van der Waals surface area contributed by atoms with E-state index in [1.54, 1.807) is 0 Å². The maximum atomic E-state index is 12.7. The maximum Gasteiger partial charge on any atom is 0.408 e. The number of aliphatic hydroxyl groups is 1. The first-order valence-corrected chi connectivity index (χ1v) is 9.74. The van der Waals surface area contributed by atoms with Gasteiger partial charge in [-0.05, 0) is 12.3 Å². The Balaban J connectivity index is 1.56. The SMILES string of the molecule is O=C1C[C@H](NC(=O)C(CC2CCCC2)NC(=O)OC2CCOCC2)C(O)O1. The highest BCUT2D eigenvalue weighted by Gasteiger charge is 2.37. The van der Waals surface area contributed by atoms with Crippen molar-refractivity contribution < 1.29 is 33.7 Å².